The van der Waals surface area contributed by atoms with Crippen molar-refractivity contribution in [1.29, 1.82) is 0 Å². The van der Waals surface area contributed by atoms with Gasteiger partial charge in [-0.2, -0.15) is 0 Å². The Morgan fingerprint density at radius 2 is 1.83 bits per heavy atom. The van der Waals surface area contributed by atoms with Crippen molar-refractivity contribution in [2.75, 3.05) is 13.6 Å². The number of non-ortho nitro benzene ring substituents is 1. The van der Waals surface area contributed by atoms with E-state index in [2.05, 4.69) is 0 Å². The number of aliphatic hydroxyl groups excluding tert-OH is 1. The zero-order valence-corrected chi connectivity index (χ0v) is 16.5. The summed E-state index contributed by atoms with van der Waals surface area (Å²) in [6, 6.07) is 14.3. The number of amides is 2. The summed E-state index contributed by atoms with van der Waals surface area (Å²) in [5.74, 6) is -0.275. The maximum Gasteiger partial charge on any atom is 0.410 e. The summed E-state index contributed by atoms with van der Waals surface area (Å²) < 4.78 is 5.27. The smallest absolute Gasteiger partial charge is 0.410 e. The van der Waals surface area contributed by atoms with Gasteiger partial charge in [-0.05, 0) is 23.3 Å². The molecule has 1 heterocycles. The van der Waals surface area contributed by atoms with E-state index in [4.69, 9.17) is 4.74 Å². The highest BCUT2D eigenvalue weighted by Crippen LogP contribution is 2.22. The molecule has 2 atom stereocenters. The number of carbonyl (C=O) groups is 2. The first-order valence-electron chi connectivity index (χ1n) is 9.49. The lowest BCUT2D eigenvalue weighted by atomic mass is 10.1. The van der Waals surface area contributed by atoms with Gasteiger partial charge in [0.15, 0.2) is 0 Å². The van der Waals surface area contributed by atoms with Crippen molar-refractivity contribution in [2.24, 2.45) is 0 Å². The van der Waals surface area contributed by atoms with Crippen LogP contribution in [0.4, 0.5) is 10.5 Å². The normalized spacial score (nSPS) is 18.1. The van der Waals surface area contributed by atoms with E-state index < -0.39 is 23.2 Å². The number of nitro groups is 1. The molecule has 1 N–H and O–H groups in total. The number of rotatable bonds is 6. The molecule has 2 amide bonds. The summed E-state index contributed by atoms with van der Waals surface area (Å²) in [6.45, 7) is 0.302. The van der Waals surface area contributed by atoms with Crippen molar-refractivity contribution in [2.45, 2.75) is 31.7 Å². The molecule has 1 fully saturated rings. The van der Waals surface area contributed by atoms with Crippen LogP contribution in [0.25, 0.3) is 0 Å². The Hall–Kier alpha value is -3.46. The average molecular weight is 413 g/mol. The van der Waals surface area contributed by atoms with Crippen molar-refractivity contribution in [3.63, 3.8) is 0 Å². The van der Waals surface area contributed by atoms with Crippen LogP contribution in [0.5, 0.6) is 0 Å². The number of benzene rings is 2. The molecule has 9 heteroatoms. The standard InChI is InChI=1S/C21H23N3O6/c1-22(12-15-5-3-2-4-6-15)20(26)19-11-18(25)13-23(19)21(27)30-14-16-7-9-17(10-8-16)24(28)29/h2-10,18-19,25H,11-14H2,1H3/t18?,19-/m0/s1. The zero-order valence-electron chi connectivity index (χ0n) is 16.5. The second kappa shape index (κ2) is 9.36. The molecule has 0 spiro atoms. The maximum absolute atomic E-state index is 12.9. The van der Waals surface area contributed by atoms with Crippen LogP contribution in [-0.4, -0.2) is 57.6 Å². The molecule has 1 aliphatic rings. The van der Waals surface area contributed by atoms with Gasteiger partial charge in [0, 0.05) is 32.1 Å². The third-order valence-electron chi connectivity index (χ3n) is 4.95. The molecule has 3 rings (SSSR count). The fraction of sp³-hybridized carbons (Fsp3) is 0.333. The summed E-state index contributed by atoms with van der Waals surface area (Å²) in [4.78, 5) is 38.4. The highest BCUT2D eigenvalue weighted by Gasteiger charge is 2.41. The van der Waals surface area contributed by atoms with E-state index in [0.29, 0.717) is 12.1 Å². The molecule has 0 radical (unpaired) electrons. The van der Waals surface area contributed by atoms with E-state index in [-0.39, 0.29) is 31.2 Å². The van der Waals surface area contributed by atoms with Crippen LogP contribution in [0.15, 0.2) is 54.6 Å². The van der Waals surface area contributed by atoms with Gasteiger partial charge in [0.1, 0.15) is 12.6 Å². The molecule has 0 bridgehead atoms. The molecule has 158 valence electrons. The summed E-state index contributed by atoms with van der Waals surface area (Å²) in [5.41, 5.74) is 1.48. The zero-order chi connectivity index (χ0) is 21.7. The Morgan fingerprint density at radius 1 is 1.17 bits per heavy atom. The maximum atomic E-state index is 12.9. The van der Waals surface area contributed by atoms with Gasteiger partial charge < -0.3 is 14.7 Å². The number of hydrogen-bond donors (Lipinski definition) is 1. The van der Waals surface area contributed by atoms with Crippen LogP contribution in [0, 0.1) is 10.1 Å². The average Bonchev–Trinajstić information content (AvgIpc) is 3.14. The van der Waals surface area contributed by atoms with Gasteiger partial charge in [-0.3, -0.25) is 19.8 Å². The van der Waals surface area contributed by atoms with Crippen LogP contribution >= 0.6 is 0 Å². The van der Waals surface area contributed by atoms with Gasteiger partial charge in [-0.25, -0.2) is 4.79 Å². The lowest BCUT2D eigenvalue weighted by Gasteiger charge is -2.27. The third kappa shape index (κ3) is 5.12. The second-order valence-electron chi connectivity index (χ2n) is 7.22. The Bertz CT molecular complexity index is 903. The number of likely N-dealkylation sites (tertiary alicyclic amines) is 1. The fourth-order valence-electron chi connectivity index (χ4n) is 3.38. The molecule has 1 aliphatic heterocycles. The molecule has 2 aromatic carbocycles. The second-order valence-corrected chi connectivity index (χ2v) is 7.22. The topological polar surface area (TPSA) is 113 Å². The van der Waals surface area contributed by atoms with E-state index in [1.165, 1.54) is 34.1 Å². The minimum atomic E-state index is -0.809. The van der Waals surface area contributed by atoms with E-state index in [0.717, 1.165) is 5.56 Å². The lowest BCUT2D eigenvalue weighted by Crippen LogP contribution is -2.46. The highest BCUT2D eigenvalue weighted by molar-refractivity contribution is 5.86. The number of hydrogen-bond acceptors (Lipinski definition) is 6. The predicted octanol–water partition coefficient (Wildman–Crippen LogP) is 2.33. The molecule has 1 unspecified atom stereocenters. The third-order valence-corrected chi connectivity index (χ3v) is 4.95. The first-order valence-corrected chi connectivity index (χ1v) is 9.49. The number of aliphatic hydroxyl groups is 1. The van der Waals surface area contributed by atoms with Gasteiger partial charge >= 0.3 is 6.09 Å². The molecule has 0 aromatic heterocycles. The number of nitro benzene ring substituents is 1. The molecule has 0 saturated carbocycles. The molecule has 2 aromatic rings. The van der Waals surface area contributed by atoms with Crippen LogP contribution in [0.3, 0.4) is 0 Å². The van der Waals surface area contributed by atoms with E-state index >= 15 is 0 Å². The summed E-state index contributed by atoms with van der Waals surface area (Å²) in [6.07, 6.45) is -1.38. The van der Waals surface area contributed by atoms with Crippen molar-refractivity contribution in [3.05, 3.63) is 75.8 Å². The predicted molar refractivity (Wildman–Crippen MR) is 107 cm³/mol. The van der Waals surface area contributed by atoms with Crippen molar-refractivity contribution in [3.8, 4) is 0 Å². The minimum absolute atomic E-state index is 0.00861. The monoisotopic (exact) mass is 413 g/mol. The number of carbonyl (C=O) groups excluding carboxylic acids is 2. The number of β-amino-alcohol motifs (C(OH)–C–C–N with tert-alkyl or cyclic N) is 1. The lowest BCUT2D eigenvalue weighted by molar-refractivity contribution is -0.384. The first-order chi connectivity index (χ1) is 14.3. The van der Waals surface area contributed by atoms with Crippen molar-refractivity contribution < 1.29 is 24.4 Å². The molecule has 9 nitrogen and oxygen atoms in total. The van der Waals surface area contributed by atoms with Gasteiger partial charge in [0.05, 0.1) is 17.6 Å². The summed E-state index contributed by atoms with van der Waals surface area (Å²) in [7, 11) is 1.65. The largest absolute Gasteiger partial charge is 0.445 e. The Labute approximate surface area is 173 Å². The minimum Gasteiger partial charge on any atom is -0.445 e. The number of nitrogens with zero attached hydrogens (tertiary/aromatic N) is 3. The molecule has 1 saturated heterocycles. The van der Waals surface area contributed by atoms with Crippen LogP contribution in [-0.2, 0) is 22.7 Å². The van der Waals surface area contributed by atoms with Crippen molar-refractivity contribution in [1.82, 2.24) is 9.80 Å². The van der Waals surface area contributed by atoms with Gasteiger partial charge in [-0.15, -0.1) is 0 Å². The quantitative estimate of drug-likeness (QED) is 0.574. The molecular weight excluding hydrogens is 390 g/mol. The van der Waals surface area contributed by atoms with Crippen LogP contribution in [0.1, 0.15) is 17.5 Å². The van der Waals surface area contributed by atoms with Crippen molar-refractivity contribution >= 4 is 17.7 Å². The van der Waals surface area contributed by atoms with Crippen LogP contribution in [0.2, 0.25) is 0 Å². The molecule has 0 aliphatic carbocycles. The summed E-state index contributed by atoms with van der Waals surface area (Å²) in [5, 5.41) is 20.7. The van der Waals surface area contributed by atoms with Gasteiger partial charge in [0.25, 0.3) is 5.69 Å². The van der Waals surface area contributed by atoms with E-state index in [9.17, 15) is 24.8 Å². The highest BCUT2D eigenvalue weighted by atomic mass is 16.6. The van der Waals surface area contributed by atoms with E-state index in [1.54, 1.807) is 7.05 Å². The van der Waals surface area contributed by atoms with Gasteiger partial charge in [-0.1, -0.05) is 30.3 Å². The molecular formula is C21H23N3O6. The van der Waals surface area contributed by atoms with E-state index in [1.807, 2.05) is 30.3 Å². The van der Waals surface area contributed by atoms with Gasteiger partial charge in [0.2, 0.25) is 5.91 Å². The van der Waals surface area contributed by atoms with Crippen LogP contribution < -0.4 is 0 Å². The first kappa shape index (κ1) is 21.3. The SMILES string of the molecule is CN(Cc1ccccc1)C(=O)[C@@H]1CC(O)CN1C(=O)OCc1ccc([N+](=O)[O-])cc1. The Kier molecular flexibility index (Phi) is 6.63. The summed E-state index contributed by atoms with van der Waals surface area (Å²) >= 11 is 0. The number of ether oxygens (including phenoxy) is 1. The molecule has 30 heavy (non-hydrogen) atoms. The Morgan fingerprint density at radius 3 is 2.47 bits per heavy atom. The fourth-order valence-corrected chi connectivity index (χ4v) is 3.38. The number of likely N-dealkylation sites (N-methyl/N-ethyl adjacent to an activating group) is 1. The Balaban J connectivity index is 1.60.